The maximum atomic E-state index is 11.1. The number of hydrogen-bond acceptors (Lipinski definition) is 3. The van der Waals surface area contributed by atoms with Crippen molar-refractivity contribution in [3.8, 4) is 5.75 Å². The number of benzene rings is 1. The summed E-state index contributed by atoms with van der Waals surface area (Å²) in [6.45, 7) is 3.49. The predicted octanol–water partition coefficient (Wildman–Crippen LogP) is 1.10. The van der Waals surface area contributed by atoms with Crippen LogP contribution in [0.1, 0.15) is 11.7 Å². The Kier molecular flexibility index (Phi) is 2.21. The Hall–Kier alpha value is -1.81. The van der Waals surface area contributed by atoms with Crippen LogP contribution in [0, 0.1) is 6.92 Å². The van der Waals surface area contributed by atoms with Crippen molar-refractivity contribution in [2.45, 2.75) is 6.10 Å². The first kappa shape index (κ1) is 9.73. The maximum Gasteiger partial charge on any atom is 0.248 e. The molecule has 1 heterocycles. The second-order valence-corrected chi connectivity index (χ2v) is 3.30. The van der Waals surface area contributed by atoms with Crippen molar-refractivity contribution >= 4 is 10.9 Å². The zero-order valence-electron chi connectivity index (χ0n) is 7.90. The van der Waals surface area contributed by atoms with Gasteiger partial charge in [0.05, 0.1) is 11.6 Å². The lowest BCUT2D eigenvalue weighted by atomic mass is 10.0. The first-order valence-electron chi connectivity index (χ1n) is 4.45. The van der Waals surface area contributed by atoms with Crippen LogP contribution in [0.3, 0.4) is 0 Å². The van der Waals surface area contributed by atoms with E-state index < -0.39 is 6.10 Å². The van der Waals surface area contributed by atoms with Gasteiger partial charge in [-0.3, -0.25) is 4.79 Å². The number of phenolic OH excluding ortho intramolecular Hbond substituents is 1. The summed E-state index contributed by atoms with van der Waals surface area (Å²) < 4.78 is 0. The van der Waals surface area contributed by atoms with Gasteiger partial charge in [0.15, 0.2) is 0 Å². The third-order valence-electron chi connectivity index (χ3n) is 2.27. The molecule has 1 aromatic carbocycles. The number of rotatable bonds is 1. The highest BCUT2D eigenvalue weighted by molar-refractivity contribution is 5.87. The van der Waals surface area contributed by atoms with Crippen molar-refractivity contribution in [3.63, 3.8) is 0 Å². The first-order chi connectivity index (χ1) is 7.09. The Morgan fingerprint density at radius 1 is 1.27 bits per heavy atom. The Bertz CT molecular complexity index is 557. The van der Waals surface area contributed by atoms with E-state index in [1.165, 1.54) is 12.1 Å². The molecule has 0 saturated heterocycles. The van der Waals surface area contributed by atoms with Crippen LogP contribution in [0.25, 0.3) is 10.9 Å². The summed E-state index contributed by atoms with van der Waals surface area (Å²) in [7, 11) is 0. The lowest BCUT2D eigenvalue weighted by molar-refractivity contribution is 0.227. The molecule has 0 fully saturated rings. The molecule has 3 N–H and O–H groups in total. The first-order valence-corrected chi connectivity index (χ1v) is 4.45. The molecule has 2 aromatic rings. The normalized spacial score (nSPS) is 12.9. The molecule has 0 aliphatic carbocycles. The van der Waals surface area contributed by atoms with Gasteiger partial charge in [-0.15, -0.1) is 0 Å². The third kappa shape index (κ3) is 1.59. The quantitative estimate of drug-likeness (QED) is 0.651. The van der Waals surface area contributed by atoms with Crippen LogP contribution in [0.5, 0.6) is 5.75 Å². The van der Waals surface area contributed by atoms with Crippen molar-refractivity contribution in [2.75, 3.05) is 0 Å². The van der Waals surface area contributed by atoms with Crippen LogP contribution in [0.4, 0.5) is 0 Å². The van der Waals surface area contributed by atoms with Gasteiger partial charge in [0.2, 0.25) is 5.56 Å². The number of fused-ring (bicyclic) bond motifs is 1. The molecule has 77 valence electrons. The Morgan fingerprint density at radius 3 is 2.67 bits per heavy atom. The van der Waals surface area contributed by atoms with Gasteiger partial charge in [0.1, 0.15) is 5.75 Å². The fourth-order valence-electron chi connectivity index (χ4n) is 1.55. The maximum absolute atomic E-state index is 11.1. The standard InChI is InChI=1S/C11H10NO3/c1-6(13)7-2-4-9(14)11-8(7)3-5-10(15)12-11/h2-6,13-14H,1H2,(H,12,15)/t6-/m1/s1. The number of H-pyrrole nitrogens is 1. The SMILES string of the molecule is [CH2][C@@H](O)c1ccc(O)c2[nH]c(=O)ccc12. The van der Waals surface area contributed by atoms with E-state index in [9.17, 15) is 15.0 Å². The molecular formula is C11H10NO3. The van der Waals surface area contributed by atoms with Gasteiger partial charge in [-0.25, -0.2) is 0 Å². The minimum Gasteiger partial charge on any atom is -0.506 e. The molecule has 0 aliphatic rings. The van der Waals surface area contributed by atoms with Crippen LogP contribution in [-0.4, -0.2) is 15.2 Å². The van der Waals surface area contributed by atoms with Gasteiger partial charge in [-0.05, 0) is 24.6 Å². The van der Waals surface area contributed by atoms with Crippen LogP contribution in [0.2, 0.25) is 0 Å². The number of aromatic nitrogens is 1. The molecule has 2 rings (SSSR count). The van der Waals surface area contributed by atoms with E-state index in [0.717, 1.165) is 0 Å². The van der Waals surface area contributed by atoms with E-state index in [1.54, 1.807) is 12.1 Å². The predicted molar refractivity (Wildman–Crippen MR) is 56.6 cm³/mol. The summed E-state index contributed by atoms with van der Waals surface area (Å²) in [6, 6.07) is 5.89. The fourth-order valence-corrected chi connectivity index (χ4v) is 1.55. The number of aliphatic hydroxyl groups is 1. The summed E-state index contributed by atoms with van der Waals surface area (Å²) in [5.74, 6) is -0.0212. The Balaban J connectivity index is 2.88. The molecule has 4 heteroatoms. The highest BCUT2D eigenvalue weighted by Gasteiger charge is 2.09. The lowest BCUT2D eigenvalue weighted by Crippen LogP contribution is -2.04. The number of nitrogens with one attached hydrogen (secondary N) is 1. The van der Waals surface area contributed by atoms with E-state index in [2.05, 4.69) is 11.9 Å². The molecule has 0 unspecified atom stereocenters. The monoisotopic (exact) mass is 204 g/mol. The summed E-state index contributed by atoms with van der Waals surface area (Å²) >= 11 is 0. The van der Waals surface area contributed by atoms with Gasteiger partial charge in [-0.1, -0.05) is 6.07 Å². The molecular weight excluding hydrogens is 194 g/mol. The van der Waals surface area contributed by atoms with Crippen molar-refractivity contribution in [2.24, 2.45) is 0 Å². The number of aromatic hydroxyl groups is 1. The van der Waals surface area contributed by atoms with Crippen molar-refractivity contribution < 1.29 is 10.2 Å². The summed E-state index contributed by atoms with van der Waals surface area (Å²) in [4.78, 5) is 13.6. The zero-order chi connectivity index (χ0) is 11.0. The lowest BCUT2D eigenvalue weighted by Gasteiger charge is -2.09. The fraction of sp³-hybridized carbons (Fsp3) is 0.0909. The Labute approximate surface area is 85.8 Å². The average Bonchev–Trinajstić information content (AvgIpc) is 2.19. The molecule has 1 atom stereocenters. The van der Waals surface area contributed by atoms with Gasteiger partial charge in [0.25, 0.3) is 0 Å². The van der Waals surface area contributed by atoms with Gasteiger partial charge in [-0.2, -0.15) is 0 Å². The van der Waals surface area contributed by atoms with E-state index in [4.69, 9.17) is 0 Å². The van der Waals surface area contributed by atoms with Crippen molar-refractivity contribution in [3.05, 3.63) is 47.1 Å². The summed E-state index contributed by atoms with van der Waals surface area (Å²) in [5.41, 5.74) is 0.593. The van der Waals surface area contributed by atoms with Crippen molar-refractivity contribution in [1.29, 1.82) is 0 Å². The molecule has 1 radical (unpaired) electrons. The number of aromatic amines is 1. The third-order valence-corrected chi connectivity index (χ3v) is 2.27. The van der Waals surface area contributed by atoms with Crippen molar-refractivity contribution in [1.82, 2.24) is 4.98 Å². The Morgan fingerprint density at radius 2 is 2.00 bits per heavy atom. The van der Waals surface area contributed by atoms with E-state index in [1.807, 2.05) is 0 Å². The molecule has 15 heavy (non-hydrogen) atoms. The van der Waals surface area contributed by atoms with Crippen LogP contribution in [0.15, 0.2) is 29.1 Å². The smallest absolute Gasteiger partial charge is 0.248 e. The zero-order valence-corrected chi connectivity index (χ0v) is 7.90. The van der Waals surface area contributed by atoms with E-state index in [0.29, 0.717) is 16.5 Å². The summed E-state index contributed by atoms with van der Waals surface area (Å²) in [5, 5.41) is 19.5. The summed E-state index contributed by atoms with van der Waals surface area (Å²) in [6.07, 6.45) is -0.890. The number of phenols is 1. The molecule has 0 spiro atoms. The van der Waals surface area contributed by atoms with Gasteiger partial charge >= 0.3 is 0 Å². The number of pyridine rings is 1. The van der Waals surface area contributed by atoms with Crippen LogP contribution >= 0.6 is 0 Å². The molecule has 0 aliphatic heterocycles. The number of hydrogen-bond donors (Lipinski definition) is 3. The van der Waals surface area contributed by atoms with Gasteiger partial charge < -0.3 is 15.2 Å². The highest BCUT2D eigenvalue weighted by Crippen LogP contribution is 2.27. The van der Waals surface area contributed by atoms with Crippen LogP contribution < -0.4 is 5.56 Å². The second-order valence-electron chi connectivity index (χ2n) is 3.30. The van der Waals surface area contributed by atoms with E-state index in [-0.39, 0.29) is 11.3 Å². The topological polar surface area (TPSA) is 73.3 Å². The molecule has 0 amide bonds. The average molecular weight is 204 g/mol. The second kappa shape index (κ2) is 3.40. The van der Waals surface area contributed by atoms with Gasteiger partial charge in [0, 0.05) is 11.5 Å². The minimum atomic E-state index is -0.890. The van der Waals surface area contributed by atoms with E-state index >= 15 is 0 Å². The molecule has 0 bridgehead atoms. The molecule has 1 aromatic heterocycles. The van der Waals surface area contributed by atoms with Crippen LogP contribution in [-0.2, 0) is 0 Å². The molecule has 0 saturated carbocycles. The highest BCUT2D eigenvalue weighted by atomic mass is 16.3. The largest absolute Gasteiger partial charge is 0.506 e. The number of aliphatic hydroxyl groups excluding tert-OH is 1. The minimum absolute atomic E-state index is 0.0212. The molecule has 4 nitrogen and oxygen atoms in total.